The zero-order valence-electron chi connectivity index (χ0n) is 17.3. The third kappa shape index (κ3) is 8.05. The Morgan fingerprint density at radius 2 is 2.07 bits per heavy atom. The molecule has 166 valence electrons. The molecule has 0 amide bonds. The van der Waals surface area contributed by atoms with Gasteiger partial charge in [0.05, 0.1) is 12.1 Å². The standard InChI is InChI=1S/C21H30ClN5O2.HI/c1-23-21(24-10-3-13-29-19-8-14-28-15-9-19)25-16-20(27-12-2-11-26-27)17-4-6-18(22)7-5-17;/h2,4-7,11-12,19-20H,3,8-10,13-16H2,1H3,(H2,23,24,25);1H. The van der Waals surface area contributed by atoms with Crippen LogP contribution < -0.4 is 10.6 Å². The number of nitrogens with zero attached hydrogens (tertiary/aromatic N) is 3. The highest BCUT2D eigenvalue weighted by Crippen LogP contribution is 2.19. The average Bonchev–Trinajstić information content (AvgIpc) is 3.28. The monoisotopic (exact) mass is 547 g/mol. The molecular formula is C21H31ClIN5O2. The van der Waals surface area contributed by atoms with E-state index in [2.05, 4.69) is 20.7 Å². The molecule has 2 N–H and O–H groups in total. The minimum atomic E-state index is 0. The Kier molecular flexibility index (Phi) is 11.5. The highest BCUT2D eigenvalue weighted by molar-refractivity contribution is 14.0. The van der Waals surface area contributed by atoms with Crippen molar-refractivity contribution >= 4 is 41.5 Å². The fraction of sp³-hybridized carbons (Fsp3) is 0.524. The van der Waals surface area contributed by atoms with Crippen LogP contribution in [-0.2, 0) is 9.47 Å². The van der Waals surface area contributed by atoms with Crippen LogP contribution >= 0.6 is 35.6 Å². The Bertz CT molecular complexity index is 736. The molecule has 2 aromatic rings. The van der Waals surface area contributed by atoms with Crippen LogP contribution in [0, 0.1) is 0 Å². The van der Waals surface area contributed by atoms with Crippen LogP contribution in [0.25, 0.3) is 0 Å². The molecule has 0 bridgehead atoms. The largest absolute Gasteiger partial charge is 0.381 e. The van der Waals surface area contributed by atoms with Gasteiger partial charge in [-0.3, -0.25) is 9.67 Å². The molecule has 0 radical (unpaired) electrons. The van der Waals surface area contributed by atoms with E-state index in [1.54, 1.807) is 13.2 Å². The number of guanidine groups is 1. The first-order chi connectivity index (χ1) is 14.3. The van der Waals surface area contributed by atoms with E-state index in [-0.39, 0.29) is 30.0 Å². The van der Waals surface area contributed by atoms with Crippen molar-refractivity contribution in [1.29, 1.82) is 0 Å². The number of halogens is 2. The average molecular weight is 548 g/mol. The van der Waals surface area contributed by atoms with E-state index in [1.165, 1.54) is 0 Å². The van der Waals surface area contributed by atoms with Crippen molar-refractivity contribution in [2.75, 3.05) is 40.0 Å². The number of rotatable bonds is 9. The van der Waals surface area contributed by atoms with Gasteiger partial charge in [-0.1, -0.05) is 23.7 Å². The van der Waals surface area contributed by atoms with Crippen LogP contribution in [0.3, 0.4) is 0 Å². The minimum absolute atomic E-state index is 0. The number of hydrogen-bond acceptors (Lipinski definition) is 4. The van der Waals surface area contributed by atoms with Crippen molar-refractivity contribution in [3.63, 3.8) is 0 Å². The van der Waals surface area contributed by atoms with E-state index in [0.717, 1.165) is 62.2 Å². The van der Waals surface area contributed by atoms with Crippen LogP contribution in [0.15, 0.2) is 47.7 Å². The lowest BCUT2D eigenvalue weighted by atomic mass is 10.1. The maximum Gasteiger partial charge on any atom is 0.191 e. The Morgan fingerprint density at radius 3 is 2.73 bits per heavy atom. The van der Waals surface area contributed by atoms with E-state index in [0.29, 0.717) is 12.6 Å². The molecule has 9 heteroatoms. The summed E-state index contributed by atoms with van der Waals surface area (Å²) in [6, 6.07) is 9.82. The molecule has 2 heterocycles. The van der Waals surface area contributed by atoms with E-state index >= 15 is 0 Å². The predicted molar refractivity (Wildman–Crippen MR) is 131 cm³/mol. The highest BCUT2D eigenvalue weighted by atomic mass is 127. The van der Waals surface area contributed by atoms with Gasteiger partial charge in [-0.2, -0.15) is 5.10 Å². The number of benzene rings is 1. The van der Waals surface area contributed by atoms with Crippen molar-refractivity contribution in [2.45, 2.75) is 31.4 Å². The molecule has 0 spiro atoms. The molecule has 1 atom stereocenters. The second-order valence-corrected chi connectivity index (χ2v) is 7.41. The van der Waals surface area contributed by atoms with Crippen molar-refractivity contribution in [1.82, 2.24) is 20.4 Å². The number of hydrogen-bond donors (Lipinski definition) is 2. The topological polar surface area (TPSA) is 72.7 Å². The van der Waals surface area contributed by atoms with Gasteiger partial charge in [0.2, 0.25) is 0 Å². The Hall–Kier alpha value is -1.36. The van der Waals surface area contributed by atoms with Crippen LogP contribution in [0.5, 0.6) is 0 Å². The summed E-state index contributed by atoms with van der Waals surface area (Å²) >= 11 is 6.04. The minimum Gasteiger partial charge on any atom is -0.381 e. The fourth-order valence-electron chi connectivity index (χ4n) is 3.30. The van der Waals surface area contributed by atoms with Gasteiger partial charge in [-0.25, -0.2) is 0 Å². The molecule has 0 aliphatic carbocycles. The summed E-state index contributed by atoms with van der Waals surface area (Å²) in [7, 11) is 1.78. The molecule has 7 nitrogen and oxygen atoms in total. The molecule has 1 aromatic heterocycles. The molecule has 1 fully saturated rings. The van der Waals surface area contributed by atoms with Crippen LogP contribution in [0.1, 0.15) is 30.9 Å². The molecule has 1 aliphatic heterocycles. The van der Waals surface area contributed by atoms with E-state index in [4.69, 9.17) is 21.1 Å². The zero-order valence-corrected chi connectivity index (χ0v) is 20.4. The number of aromatic nitrogens is 2. The van der Waals surface area contributed by atoms with Crippen molar-refractivity contribution in [3.05, 3.63) is 53.3 Å². The van der Waals surface area contributed by atoms with Crippen molar-refractivity contribution in [2.24, 2.45) is 4.99 Å². The van der Waals surface area contributed by atoms with E-state index in [1.807, 2.05) is 41.2 Å². The van der Waals surface area contributed by atoms with Gasteiger partial charge in [0.25, 0.3) is 0 Å². The molecule has 30 heavy (non-hydrogen) atoms. The first-order valence-electron chi connectivity index (χ1n) is 10.1. The summed E-state index contributed by atoms with van der Waals surface area (Å²) in [4.78, 5) is 4.32. The second kappa shape index (κ2) is 13.8. The number of nitrogens with one attached hydrogen (secondary N) is 2. The molecule has 1 aromatic carbocycles. The maximum atomic E-state index is 6.04. The van der Waals surface area contributed by atoms with Crippen molar-refractivity contribution in [3.8, 4) is 0 Å². The van der Waals surface area contributed by atoms with Gasteiger partial charge >= 0.3 is 0 Å². The van der Waals surface area contributed by atoms with Gasteiger partial charge in [-0.15, -0.1) is 24.0 Å². The van der Waals surface area contributed by atoms with Gasteiger partial charge < -0.3 is 20.1 Å². The van der Waals surface area contributed by atoms with Gasteiger partial charge in [0, 0.05) is 57.4 Å². The number of aliphatic imine (C=N–C) groups is 1. The maximum absolute atomic E-state index is 6.04. The predicted octanol–water partition coefficient (Wildman–Crippen LogP) is 3.49. The third-order valence-electron chi connectivity index (χ3n) is 4.92. The van der Waals surface area contributed by atoms with Gasteiger partial charge in [0.1, 0.15) is 0 Å². The van der Waals surface area contributed by atoms with Crippen molar-refractivity contribution < 1.29 is 9.47 Å². The Morgan fingerprint density at radius 1 is 1.30 bits per heavy atom. The molecule has 1 unspecified atom stereocenters. The first kappa shape index (κ1) is 24.9. The fourth-order valence-corrected chi connectivity index (χ4v) is 3.43. The molecule has 3 rings (SSSR count). The summed E-state index contributed by atoms with van der Waals surface area (Å²) in [6.45, 7) is 3.82. The summed E-state index contributed by atoms with van der Waals surface area (Å²) < 4.78 is 13.2. The lowest BCUT2D eigenvalue weighted by Gasteiger charge is -2.22. The third-order valence-corrected chi connectivity index (χ3v) is 5.17. The van der Waals surface area contributed by atoms with E-state index in [9.17, 15) is 0 Å². The molecule has 0 saturated carbocycles. The Balaban J connectivity index is 0.00000320. The normalized spacial score (nSPS) is 16.0. The lowest BCUT2D eigenvalue weighted by molar-refractivity contribution is -0.0320. The molecule has 1 aliphatic rings. The summed E-state index contributed by atoms with van der Waals surface area (Å²) in [6.07, 6.45) is 7.01. The lowest BCUT2D eigenvalue weighted by Crippen LogP contribution is -2.41. The van der Waals surface area contributed by atoms with Crippen LogP contribution in [0.2, 0.25) is 5.02 Å². The Labute approximate surface area is 200 Å². The SMILES string of the molecule is CN=C(NCCCOC1CCOCC1)NCC(c1ccc(Cl)cc1)n1cccn1.I. The van der Waals surface area contributed by atoms with E-state index < -0.39 is 0 Å². The smallest absolute Gasteiger partial charge is 0.191 e. The molecule has 1 saturated heterocycles. The van der Waals surface area contributed by atoms with Crippen LogP contribution in [-0.4, -0.2) is 61.8 Å². The zero-order chi connectivity index (χ0) is 20.3. The number of ether oxygens (including phenoxy) is 2. The highest BCUT2D eigenvalue weighted by Gasteiger charge is 2.15. The summed E-state index contributed by atoms with van der Waals surface area (Å²) in [5, 5.41) is 11.9. The summed E-state index contributed by atoms with van der Waals surface area (Å²) in [5.74, 6) is 0.766. The molecular weight excluding hydrogens is 517 g/mol. The summed E-state index contributed by atoms with van der Waals surface area (Å²) in [5.41, 5.74) is 1.13. The quantitative estimate of drug-likeness (QED) is 0.218. The first-order valence-corrected chi connectivity index (χ1v) is 10.5. The van der Waals surface area contributed by atoms with Gasteiger partial charge in [0.15, 0.2) is 5.96 Å². The van der Waals surface area contributed by atoms with Gasteiger partial charge in [-0.05, 0) is 43.0 Å². The second-order valence-electron chi connectivity index (χ2n) is 6.97. The van der Waals surface area contributed by atoms with Crippen LogP contribution in [0.4, 0.5) is 0 Å².